The Hall–Kier alpha value is -3.57. The molecule has 4 aliphatic rings. The summed E-state index contributed by atoms with van der Waals surface area (Å²) in [6.45, 7) is 4.24. The molecule has 8 rings (SSSR count). The number of benzene rings is 2. The first-order valence-electron chi connectivity index (χ1n) is 14.1. The third-order valence-corrected chi connectivity index (χ3v) is 9.27. The SMILES string of the molecule is CC(C)Oc1cc(C(=O)O)cc2sc(N3C4CC(NCc5c(-c6c(F)cccc6F)noc5C5CC5)CC3C4)nc12. The standard InChI is InChI=1S/C30H30F2N4O4S/c1-14(2)39-23-8-16(29(37)38)9-24-27(23)34-30(41-24)36-18-10-17(11-19(36)12-18)33-13-20-26(35-40-28(20)15-6-7-15)25-21(31)4-3-5-22(25)32/h3-5,8-9,14-15,17-19,33H,6-7,10-13H2,1-2H3,(H,37,38). The molecule has 2 aliphatic heterocycles. The van der Waals surface area contributed by atoms with Gasteiger partial charge >= 0.3 is 5.97 Å². The normalized spacial score (nSPS) is 21.9. The highest BCUT2D eigenvalue weighted by Crippen LogP contribution is 2.47. The van der Waals surface area contributed by atoms with E-state index in [2.05, 4.69) is 15.4 Å². The highest BCUT2D eigenvalue weighted by molar-refractivity contribution is 7.22. The summed E-state index contributed by atoms with van der Waals surface area (Å²) in [6.07, 6.45) is 4.73. The molecule has 4 aromatic rings. The fraction of sp³-hybridized carbons (Fsp3) is 0.433. The van der Waals surface area contributed by atoms with Gasteiger partial charge in [0, 0.05) is 36.2 Å². The fourth-order valence-corrected chi connectivity index (χ4v) is 7.41. The zero-order valence-electron chi connectivity index (χ0n) is 22.7. The van der Waals surface area contributed by atoms with Crippen molar-refractivity contribution in [3.8, 4) is 17.0 Å². The van der Waals surface area contributed by atoms with Gasteiger partial charge in [0.1, 0.15) is 34.4 Å². The number of halogens is 2. The molecule has 8 nitrogen and oxygen atoms in total. The van der Waals surface area contributed by atoms with Crippen LogP contribution in [0, 0.1) is 11.6 Å². The Morgan fingerprint density at radius 3 is 2.59 bits per heavy atom. The maximum atomic E-state index is 14.6. The molecule has 2 bridgehead atoms. The van der Waals surface area contributed by atoms with Crippen molar-refractivity contribution in [2.24, 2.45) is 0 Å². The molecular weight excluding hydrogens is 550 g/mol. The molecular formula is C30H30F2N4O4S. The van der Waals surface area contributed by atoms with E-state index in [1.54, 1.807) is 12.1 Å². The predicted molar refractivity (Wildman–Crippen MR) is 151 cm³/mol. The summed E-state index contributed by atoms with van der Waals surface area (Å²) in [4.78, 5) is 18.9. The van der Waals surface area contributed by atoms with Crippen molar-refractivity contribution in [1.29, 1.82) is 0 Å². The molecule has 2 aromatic heterocycles. The number of piperidine rings is 1. The minimum atomic E-state index is -0.997. The van der Waals surface area contributed by atoms with Crippen molar-refractivity contribution in [3.63, 3.8) is 0 Å². The second-order valence-electron chi connectivity index (χ2n) is 11.5. The van der Waals surface area contributed by atoms with E-state index in [1.165, 1.54) is 29.5 Å². The van der Waals surface area contributed by atoms with Crippen LogP contribution in [0.3, 0.4) is 0 Å². The second-order valence-corrected chi connectivity index (χ2v) is 12.5. The van der Waals surface area contributed by atoms with Gasteiger partial charge in [-0.05, 0) is 70.2 Å². The van der Waals surface area contributed by atoms with Crippen molar-refractivity contribution >= 4 is 32.7 Å². The summed E-state index contributed by atoms with van der Waals surface area (Å²) in [5, 5.41) is 18.2. The lowest BCUT2D eigenvalue weighted by Crippen LogP contribution is -2.64. The summed E-state index contributed by atoms with van der Waals surface area (Å²) >= 11 is 1.50. The van der Waals surface area contributed by atoms with Gasteiger partial charge < -0.3 is 24.6 Å². The number of carboxylic acids is 1. The van der Waals surface area contributed by atoms with E-state index in [9.17, 15) is 18.7 Å². The van der Waals surface area contributed by atoms with Gasteiger partial charge in [-0.15, -0.1) is 0 Å². The largest absolute Gasteiger partial charge is 0.489 e. The average molecular weight is 581 g/mol. The third-order valence-electron chi connectivity index (χ3n) is 8.26. The summed E-state index contributed by atoms with van der Waals surface area (Å²) in [5.41, 5.74) is 1.72. The molecule has 0 radical (unpaired) electrons. The van der Waals surface area contributed by atoms with Crippen LogP contribution < -0.4 is 15.0 Å². The molecule has 214 valence electrons. The lowest BCUT2D eigenvalue weighted by Gasteiger charge is -2.55. The van der Waals surface area contributed by atoms with Crippen LogP contribution in [-0.4, -0.2) is 45.4 Å². The number of aromatic nitrogens is 2. The smallest absolute Gasteiger partial charge is 0.335 e. The molecule has 2 atom stereocenters. The maximum absolute atomic E-state index is 14.6. The van der Waals surface area contributed by atoms with Crippen LogP contribution in [0.1, 0.15) is 73.6 Å². The molecule has 2 saturated carbocycles. The molecule has 2 aromatic carbocycles. The summed E-state index contributed by atoms with van der Waals surface area (Å²) in [6, 6.07) is 7.87. The van der Waals surface area contributed by atoms with Crippen molar-refractivity contribution in [3.05, 3.63) is 58.9 Å². The average Bonchev–Trinajstić information content (AvgIpc) is 3.55. The lowest BCUT2D eigenvalue weighted by molar-refractivity contribution is 0.0696. The van der Waals surface area contributed by atoms with Crippen molar-refractivity contribution in [2.45, 2.75) is 82.6 Å². The number of ether oxygens (including phenoxy) is 1. The fourth-order valence-electron chi connectivity index (χ4n) is 6.24. The zero-order chi connectivity index (χ0) is 28.4. The van der Waals surface area contributed by atoms with Gasteiger partial charge in [0.05, 0.1) is 21.9 Å². The monoisotopic (exact) mass is 580 g/mol. The Morgan fingerprint density at radius 1 is 1.20 bits per heavy atom. The topological polar surface area (TPSA) is 101 Å². The third kappa shape index (κ3) is 4.74. The number of nitrogens with one attached hydrogen (secondary N) is 1. The van der Waals surface area contributed by atoms with Crippen LogP contribution >= 0.6 is 11.3 Å². The number of carboxylic acid groups (broad SMARTS) is 1. The molecule has 2 aliphatic carbocycles. The van der Waals surface area contributed by atoms with Crippen molar-refractivity contribution < 1.29 is 27.9 Å². The number of hydrogen-bond acceptors (Lipinski definition) is 8. The highest BCUT2D eigenvalue weighted by atomic mass is 32.1. The highest BCUT2D eigenvalue weighted by Gasteiger charge is 2.47. The van der Waals surface area contributed by atoms with Gasteiger partial charge in [-0.3, -0.25) is 0 Å². The van der Waals surface area contributed by atoms with E-state index in [4.69, 9.17) is 14.2 Å². The Balaban J connectivity index is 1.09. The number of thiazole rings is 1. The minimum absolute atomic E-state index is 0.108. The molecule has 0 spiro atoms. The van der Waals surface area contributed by atoms with Crippen LogP contribution in [0.25, 0.3) is 21.5 Å². The molecule has 2 unspecified atom stereocenters. The van der Waals surface area contributed by atoms with E-state index in [0.717, 1.165) is 53.3 Å². The van der Waals surface area contributed by atoms with Crippen LogP contribution in [0.2, 0.25) is 0 Å². The number of rotatable bonds is 9. The Labute approximate surface area is 239 Å². The first-order valence-corrected chi connectivity index (χ1v) is 14.9. The molecule has 11 heteroatoms. The number of anilines is 1. The van der Waals surface area contributed by atoms with Crippen LogP contribution in [0.5, 0.6) is 5.75 Å². The summed E-state index contributed by atoms with van der Waals surface area (Å²) in [7, 11) is 0. The number of nitrogens with zero attached hydrogens (tertiary/aromatic N) is 3. The van der Waals surface area contributed by atoms with E-state index < -0.39 is 17.6 Å². The first kappa shape index (κ1) is 26.3. The molecule has 0 amide bonds. The van der Waals surface area contributed by atoms with Gasteiger partial charge in [0.2, 0.25) is 0 Å². The number of hydrogen-bond donors (Lipinski definition) is 2. The van der Waals surface area contributed by atoms with Gasteiger partial charge in [-0.1, -0.05) is 22.6 Å². The first-order chi connectivity index (χ1) is 19.8. The maximum Gasteiger partial charge on any atom is 0.335 e. The Kier molecular flexibility index (Phi) is 6.46. The molecule has 41 heavy (non-hydrogen) atoms. The van der Waals surface area contributed by atoms with E-state index in [1.807, 2.05) is 13.8 Å². The number of fused-ring (bicyclic) bond motifs is 3. The van der Waals surface area contributed by atoms with Gasteiger partial charge in [-0.25, -0.2) is 18.6 Å². The summed E-state index contributed by atoms with van der Waals surface area (Å²) in [5.74, 6) is -0.821. The second kappa shape index (κ2) is 10.1. The van der Waals surface area contributed by atoms with Crippen LogP contribution in [0.15, 0.2) is 34.9 Å². The van der Waals surface area contributed by atoms with E-state index in [-0.39, 0.29) is 34.9 Å². The molecule has 4 heterocycles. The van der Waals surface area contributed by atoms with Gasteiger partial charge in [0.15, 0.2) is 5.13 Å². The van der Waals surface area contributed by atoms with Crippen LogP contribution in [0.4, 0.5) is 13.9 Å². The quantitative estimate of drug-likeness (QED) is 0.232. The lowest BCUT2D eigenvalue weighted by atomic mass is 9.77. The number of carbonyl (C=O) groups is 1. The van der Waals surface area contributed by atoms with Crippen molar-refractivity contribution in [1.82, 2.24) is 15.5 Å². The Bertz CT molecular complexity index is 1620. The molecule has 2 saturated heterocycles. The molecule has 4 fully saturated rings. The minimum Gasteiger partial charge on any atom is -0.489 e. The predicted octanol–water partition coefficient (Wildman–Crippen LogP) is 6.49. The molecule has 2 N–H and O–H groups in total. The summed E-state index contributed by atoms with van der Waals surface area (Å²) < 4.78 is 41.6. The van der Waals surface area contributed by atoms with E-state index >= 15 is 0 Å². The van der Waals surface area contributed by atoms with Gasteiger partial charge in [0.25, 0.3) is 0 Å². The number of aromatic carboxylic acids is 1. The van der Waals surface area contributed by atoms with Gasteiger partial charge in [-0.2, -0.15) is 0 Å². The van der Waals surface area contributed by atoms with Crippen molar-refractivity contribution in [2.75, 3.05) is 4.90 Å². The van der Waals surface area contributed by atoms with Crippen LogP contribution in [-0.2, 0) is 6.54 Å². The Morgan fingerprint density at radius 2 is 1.93 bits per heavy atom. The zero-order valence-corrected chi connectivity index (χ0v) is 23.5. The van der Waals surface area contributed by atoms with E-state index in [0.29, 0.717) is 29.9 Å².